The van der Waals surface area contributed by atoms with Crippen LogP contribution in [-0.2, 0) is 0 Å². The molecule has 0 atom stereocenters. The van der Waals surface area contributed by atoms with Crippen molar-refractivity contribution in [2.45, 2.75) is 0 Å². The summed E-state index contributed by atoms with van der Waals surface area (Å²) in [6.45, 7) is 0. The highest BCUT2D eigenvalue weighted by molar-refractivity contribution is 6.12. The lowest BCUT2D eigenvalue weighted by Crippen LogP contribution is -1.98. The number of fused-ring (bicyclic) bond motifs is 7. The number of para-hydroxylation sites is 1. The summed E-state index contributed by atoms with van der Waals surface area (Å²) in [7, 11) is 0. The summed E-state index contributed by atoms with van der Waals surface area (Å²) < 4.78 is 8.55. The zero-order valence-electron chi connectivity index (χ0n) is 26.0. The van der Waals surface area contributed by atoms with Gasteiger partial charge in [-0.2, -0.15) is 0 Å². The standard InChI is InChI=1S/C45H28N2O/c1-2-9-30(10-3-1)40-28-46-23-22-42(40)47-41-20-17-33(34-18-21-45-39(26-34)37-12-6-7-13-44(37)48-45)25-38(41)36-19-16-35(27-43(36)47)32-15-14-29-8-4-5-11-31(29)24-32/h1-28H. The summed E-state index contributed by atoms with van der Waals surface area (Å²) in [5, 5.41) is 7.18. The highest BCUT2D eigenvalue weighted by Crippen LogP contribution is 2.40. The number of benzene rings is 7. The Kier molecular flexibility index (Phi) is 5.87. The summed E-state index contributed by atoms with van der Waals surface area (Å²) in [6, 6.07) is 56.5. The van der Waals surface area contributed by atoms with Gasteiger partial charge in [0.25, 0.3) is 0 Å². The van der Waals surface area contributed by atoms with Gasteiger partial charge in [-0.1, -0.05) is 109 Å². The lowest BCUT2D eigenvalue weighted by Gasteiger charge is -2.14. The number of rotatable bonds is 4. The first-order valence-electron chi connectivity index (χ1n) is 16.3. The third kappa shape index (κ3) is 4.18. The Morgan fingerprint density at radius 2 is 1.10 bits per heavy atom. The molecule has 0 saturated heterocycles. The number of nitrogens with zero attached hydrogens (tertiary/aromatic N) is 2. The van der Waals surface area contributed by atoms with Crippen molar-refractivity contribution < 1.29 is 4.42 Å². The molecular formula is C45H28N2O. The third-order valence-electron chi connectivity index (χ3n) is 9.68. The fourth-order valence-electron chi connectivity index (χ4n) is 7.34. The van der Waals surface area contributed by atoms with E-state index in [1.54, 1.807) is 0 Å². The van der Waals surface area contributed by atoms with Crippen molar-refractivity contribution in [2.24, 2.45) is 0 Å². The Morgan fingerprint density at radius 3 is 2.02 bits per heavy atom. The van der Waals surface area contributed by atoms with E-state index >= 15 is 0 Å². The molecule has 0 spiro atoms. The topological polar surface area (TPSA) is 31.0 Å². The van der Waals surface area contributed by atoms with Gasteiger partial charge in [0.2, 0.25) is 0 Å². The zero-order valence-corrected chi connectivity index (χ0v) is 26.0. The van der Waals surface area contributed by atoms with E-state index in [1.165, 1.54) is 43.8 Å². The molecule has 0 N–H and O–H groups in total. The predicted octanol–water partition coefficient (Wildman–Crippen LogP) is 12.2. The van der Waals surface area contributed by atoms with E-state index in [9.17, 15) is 0 Å². The van der Waals surface area contributed by atoms with E-state index in [2.05, 4.69) is 155 Å². The highest BCUT2D eigenvalue weighted by Gasteiger charge is 2.18. The first-order valence-corrected chi connectivity index (χ1v) is 16.3. The maximum absolute atomic E-state index is 6.13. The minimum Gasteiger partial charge on any atom is -0.456 e. The fourth-order valence-corrected chi connectivity index (χ4v) is 7.34. The average Bonchev–Trinajstić information content (AvgIpc) is 3.69. The van der Waals surface area contributed by atoms with Crippen LogP contribution in [0.25, 0.3) is 93.6 Å². The third-order valence-corrected chi connectivity index (χ3v) is 9.68. The Bertz CT molecular complexity index is 2840. The van der Waals surface area contributed by atoms with Gasteiger partial charge in [-0.05, 0) is 87.1 Å². The van der Waals surface area contributed by atoms with E-state index in [1.807, 2.05) is 24.5 Å². The van der Waals surface area contributed by atoms with Crippen LogP contribution in [0.15, 0.2) is 175 Å². The van der Waals surface area contributed by atoms with Gasteiger partial charge in [0.05, 0.1) is 16.7 Å². The molecule has 10 rings (SSSR count). The van der Waals surface area contributed by atoms with Gasteiger partial charge in [0.15, 0.2) is 0 Å². The van der Waals surface area contributed by atoms with Gasteiger partial charge in [-0.25, -0.2) is 0 Å². The SMILES string of the molecule is c1ccc(-c2cnccc2-n2c3ccc(-c4ccc5oc6ccccc6c5c4)cc3c3ccc(-c4ccc5ccccc5c4)cc32)cc1. The first-order chi connectivity index (χ1) is 23.8. The molecule has 0 saturated carbocycles. The van der Waals surface area contributed by atoms with Gasteiger partial charge in [0.1, 0.15) is 11.2 Å². The molecule has 48 heavy (non-hydrogen) atoms. The van der Waals surface area contributed by atoms with Gasteiger partial charge >= 0.3 is 0 Å². The maximum Gasteiger partial charge on any atom is 0.135 e. The van der Waals surface area contributed by atoms with E-state index in [4.69, 9.17) is 4.42 Å². The van der Waals surface area contributed by atoms with Crippen molar-refractivity contribution in [3.63, 3.8) is 0 Å². The first kappa shape index (κ1) is 26.7. The van der Waals surface area contributed by atoms with Crippen LogP contribution in [0.5, 0.6) is 0 Å². The van der Waals surface area contributed by atoms with Crippen LogP contribution >= 0.6 is 0 Å². The molecule has 0 fully saturated rings. The lowest BCUT2D eigenvalue weighted by molar-refractivity contribution is 0.669. The summed E-state index contributed by atoms with van der Waals surface area (Å²) in [6.07, 6.45) is 3.87. The molecule has 3 heterocycles. The summed E-state index contributed by atoms with van der Waals surface area (Å²) in [4.78, 5) is 4.56. The molecule has 3 aromatic heterocycles. The van der Waals surface area contributed by atoms with Gasteiger partial charge in [-0.3, -0.25) is 4.98 Å². The Labute approximate surface area is 277 Å². The molecule has 10 aromatic rings. The quantitative estimate of drug-likeness (QED) is 0.198. The molecule has 3 nitrogen and oxygen atoms in total. The normalized spacial score (nSPS) is 11.8. The van der Waals surface area contributed by atoms with E-state index in [0.29, 0.717) is 0 Å². The second kappa shape index (κ2) is 10.5. The van der Waals surface area contributed by atoms with Crippen molar-refractivity contribution in [2.75, 3.05) is 0 Å². The predicted molar refractivity (Wildman–Crippen MR) is 200 cm³/mol. The monoisotopic (exact) mass is 612 g/mol. The minimum atomic E-state index is 0.907. The second-order valence-corrected chi connectivity index (χ2v) is 12.4. The molecule has 0 aliphatic carbocycles. The van der Waals surface area contributed by atoms with Crippen LogP contribution in [0, 0.1) is 0 Å². The second-order valence-electron chi connectivity index (χ2n) is 12.4. The molecule has 0 bridgehead atoms. The number of furan rings is 1. The molecule has 0 aliphatic heterocycles. The summed E-state index contributed by atoms with van der Waals surface area (Å²) in [5.41, 5.74) is 12.2. The Hall–Kier alpha value is -6.45. The Morgan fingerprint density at radius 1 is 0.417 bits per heavy atom. The fraction of sp³-hybridized carbons (Fsp3) is 0. The molecular weight excluding hydrogens is 585 g/mol. The van der Waals surface area contributed by atoms with E-state index in [0.717, 1.165) is 49.8 Å². The molecule has 3 heteroatoms. The van der Waals surface area contributed by atoms with Gasteiger partial charge < -0.3 is 8.98 Å². The molecule has 0 amide bonds. The van der Waals surface area contributed by atoms with Gasteiger partial charge in [0, 0.05) is 39.5 Å². The lowest BCUT2D eigenvalue weighted by atomic mass is 9.99. The molecule has 0 radical (unpaired) electrons. The number of aromatic nitrogens is 2. The van der Waals surface area contributed by atoms with Crippen molar-refractivity contribution in [1.29, 1.82) is 0 Å². The molecule has 224 valence electrons. The van der Waals surface area contributed by atoms with Gasteiger partial charge in [-0.15, -0.1) is 0 Å². The molecule has 7 aromatic carbocycles. The summed E-state index contributed by atoms with van der Waals surface area (Å²) >= 11 is 0. The Balaban J connectivity index is 1.22. The van der Waals surface area contributed by atoms with E-state index < -0.39 is 0 Å². The van der Waals surface area contributed by atoms with Crippen LogP contribution in [-0.4, -0.2) is 9.55 Å². The number of hydrogen-bond acceptors (Lipinski definition) is 2. The van der Waals surface area contributed by atoms with Crippen molar-refractivity contribution in [3.05, 3.63) is 170 Å². The largest absolute Gasteiger partial charge is 0.456 e. The van der Waals surface area contributed by atoms with Crippen LogP contribution in [0.1, 0.15) is 0 Å². The van der Waals surface area contributed by atoms with Crippen molar-refractivity contribution in [3.8, 4) is 39.1 Å². The number of hydrogen-bond donors (Lipinski definition) is 0. The van der Waals surface area contributed by atoms with Crippen LogP contribution < -0.4 is 0 Å². The summed E-state index contributed by atoms with van der Waals surface area (Å²) in [5.74, 6) is 0. The zero-order chi connectivity index (χ0) is 31.6. The van der Waals surface area contributed by atoms with Crippen LogP contribution in [0.4, 0.5) is 0 Å². The maximum atomic E-state index is 6.13. The highest BCUT2D eigenvalue weighted by atomic mass is 16.3. The van der Waals surface area contributed by atoms with E-state index in [-0.39, 0.29) is 0 Å². The molecule has 0 unspecified atom stereocenters. The van der Waals surface area contributed by atoms with Crippen molar-refractivity contribution in [1.82, 2.24) is 9.55 Å². The minimum absolute atomic E-state index is 0.907. The van der Waals surface area contributed by atoms with Crippen LogP contribution in [0.3, 0.4) is 0 Å². The average molecular weight is 613 g/mol. The van der Waals surface area contributed by atoms with Crippen LogP contribution in [0.2, 0.25) is 0 Å². The number of pyridine rings is 1. The van der Waals surface area contributed by atoms with Crippen molar-refractivity contribution >= 4 is 54.5 Å². The smallest absolute Gasteiger partial charge is 0.135 e. The molecule has 0 aliphatic rings.